The van der Waals surface area contributed by atoms with Crippen LogP contribution in [0.3, 0.4) is 0 Å². The molecule has 0 fully saturated rings. The molecule has 2 aromatic heterocycles. The van der Waals surface area contributed by atoms with Gasteiger partial charge in [-0.15, -0.1) is 26.3 Å². The molecule has 0 amide bonds. The molecule has 0 spiro atoms. The largest absolute Gasteiger partial charge is 0.573 e. The van der Waals surface area contributed by atoms with Crippen LogP contribution in [-0.4, -0.2) is 32.7 Å². The van der Waals surface area contributed by atoms with Crippen molar-refractivity contribution >= 4 is 0 Å². The van der Waals surface area contributed by atoms with E-state index in [1.54, 1.807) is 0 Å². The molecule has 6 rings (SSSR count). The normalized spacial score (nSPS) is 12.8. The van der Waals surface area contributed by atoms with E-state index < -0.39 is 36.4 Å². The fourth-order valence-corrected chi connectivity index (χ4v) is 7.27. The monoisotopic (exact) mass is 870 g/mol. The van der Waals surface area contributed by atoms with Crippen LogP contribution in [-0.2, 0) is 17.6 Å². The number of unbranched alkanes of at least 4 members (excludes halogenated alkanes) is 8. The molecule has 0 saturated carbocycles. The first-order valence-corrected chi connectivity index (χ1v) is 21.6. The van der Waals surface area contributed by atoms with Crippen LogP contribution < -0.4 is 9.47 Å². The van der Waals surface area contributed by atoms with E-state index in [1.165, 1.54) is 87.1 Å². The average Bonchev–Trinajstić information content (AvgIpc) is 3.27. The molecule has 2 unspecified atom stereocenters. The lowest BCUT2D eigenvalue weighted by atomic mass is 9.96. The summed E-state index contributed by atoms with van der Waals surface area (Å²) >= 11 is 0. The minimum Gasteiger partial charge on any atom is -0.406 e. The first kappa shape index (κ1) is 46.7. The first-order valence-electron chi connectivity index (χ1n) is 21.6. The Morgan fingerprint density at radius 1 is 0.413 bits per heavy atom. The maximum absolute atomic E-state index is 13.1. The Bertz CT molecular complexity index is 2090. The summed E-state index contributed by atoms with van der Waals surface area (Å²) < 4.78 is 94.0. The number of alkyl halides is 6. The smallest absolute Gasteiger partial charge is 0.406 e. The van der Waals surface area contributed by atoms with Crippen LogP contribution in [0.5, 0.6) is 11.5 Å². The van der Waals surface area contributed by atoms with E-state index in [1.807, 2.05) is 73.3 Å². The van der Waals surface area contributed by atoms with Crippen molar-refractivity contribution < 1.29 is 40.6 Å². The molecule has 0 radical (unpaired) electrons. The van der Waals surface area contributed by atoms with Gasteiger partial charge >= 0.3 is 12.7 Å². The molecule has 13 heteroatoms. The molecule has 0 aliphatic carbocycles. The van der Waals surface area contributed by atoms with Gasteiger partial charge in [-0.25, -0.2) is 19.9 Å². The zero-order valence-corrected chi connectivity index (χ0v) is 35.5. The highest BCUT2D eigenvalue weighted by Gasteiger charge is 2.32. The lowest BCUT2D eigenvalue weighted by molar-refractivity contribution is -0.275. The lowest BCUT2D eigenvalue weighted by Crippen LogP contribution is -2.17. The summed E-state index contributed by atoms with van der Waals surface area (Å²) in [4.78, 5) is 18.4. The van der Waals surface area contributed by atoms with Gasteiger partial charge in [0.15, 0.2) is 11.6 Å². The van der Waals surface area contributed by atoms with Gasteiger partial charge in [-0.05, 0) is 83.3 Å². The fraction of sp³-hybridized carbons (Fsp3) is 0.360. The molecule has 4 aromatic carbocycles. The molecule has 63 heavy (non-hydrogen) atoms. The maximum atomic E-state index is 13.1. The lowest BCUT2D eigenvalue weighted by Gasteiger charge is -2.27. The van der Waals surface area contributed by atoms with Crippen molar-refractivity contribution in [2.24, 2.45) is 0 Å². The van der Waals surface area contributed by atoms with E-state index in [0.717, 1.165) is 60.8 Å². The van der Waals surface area contributed by atoms with E-state index in [-0.39, 0.29) is 0 Å². The Morgan fingerprint density at radius 2 is 0.714 bits per heavy atom. The minimum absolute atomic E-state index is 0.406. The highest BCUT2D eigenvalue weighted by molar-refractivity contribution is 5.57. The molecule has 0 bridgehead atoms. The number of rotatable bonds is 22. The Morgan fingerprint density at radius 3 is 1.02 bits per heavy atom. The molecular formula is C50H52F6N4O3. The van der Waals surface area contributed by atoms with Crippen LogP contribution in [0.15, 0.2) is 122 Å². The number of benzene rings is 4. The third kappa shape index (κ3) is 14.6. The molecule has 2 atom stereocenters. The van der Waals surface area contributed by atoms with Gasteiger partial charge in [0.1, 0.15) is 23.7 Å². The van der Waals surface area contributed by atoms with E-state index in [9.17, 15) is 26.3 Å². The van der Waals surface area contributed by atoms with Crippen molar-refractivity contribution in [2.45, 2.75) is 116 Å². The van der Waals surface area contributed by atoms with E-state index in [4.69, 9.17) is 4.74 Å². The SMILES string of the molecule is CCCCCCCc1cnc(-c2ccc(C(OC(c3ccc(OC(F)(F)F)cc3)c3ccc(-c4ncc(CCCCCCC)cn4)cc3)c3ccc(OC(F)(F)F)cc3)cc2)nc1. The topological polar surface area (TPSA) is 79.2 Å². The van der Waals surface area contributed by atoms with E-state index in [2.05, 4.69) is 43.3 Å². The van der Waals surface area contributed by atoms with E-state index in [0.29, 0.717) is 33.9 Å². The van der Waals surface area contributed by atoms with Gasteiger partial charge in [0.25, 0.3) is 0 Å². The molecule has 332 valence electrons. The number of aromatic nitrogens is 4. The molecule has 7 nitrogen and oxygen atoms in total. The molecule has 0 aliphatic rings. The van der Waals surface area contributed by atoms with Crippen LogP contribution in [0, 0.1) is 0 Å². The Labute approximate surface area is 364 Å². The van der Waals surface area contributed by atoms with Crippen LogP contribution >= 0.6 is 0 Å². The van der Waals surface area contributed by atoms with Gasteiger partial charge in [0.05, 0.1) is 0 Å². The van der Waals surface area contributed by atoms with Gasteiger partial charge in [-0.3, -0.25) is 0 Å². The summed E-state index contributed by atoms with van der Waals surface area (Å²) in [6, 6.07) is 25.5. The number of hydrogen-bond acceptors (Lipinski definition) is 7. The van der Waals surface area contributed by atoms with E-state index >= 15 is 0 Å². The second-order valence-electron chi connectivity index (χ2n) is 15.5. The van der Waals surface area contributed by atoms with Crippen molar-refractivity contribution in [3.05, 3.63) is 155 Å². The van der Waals surface area contributed by atoms with Gasteiger partial charge in [0.2, 0.25) is 0 Å². The standard InChI is InChI=1S/C50H52F6N4O3/c1-3-5-7-9-11-13-35-31-57-47(58-32-35)41-19-15-37(16-20-41)45(39-23-27-43(28-24-39)62-49(51,52)53)61-46(40-25-29-44(30-26-40)63-50(54,55)56)38-17-21-42(22-18-38)48-59-33-36(34-60-48)14-12-10-8-6-4-2/h15-34,45-46H,3-14H2,1-2H3. The highest BCUT2D eigenvalue weighted by Crippen LogP contribution is 2.39. The predicted octanol–water partition coefficient (Wildman–Crippen LogP) is 14.3. The van der Waals surface area contributed by atoms with Crippen LogP contribution in [0.2, 0.25) is 0 Å². The Kier molecular flexibility index (Phi) is 16.7. The van der Waals surface area contributed by atoms with Crippen molar-refractivity contribution in [2.75, 3.05) is 0 Å². The summed E-state index contributed by atoms with van der Waals surface area (Å²) in [5.74, 6) is 0.248. The summed E-state index contributed by atoms with van der Waals surface area (Å²) in [6.07, 6.45) is 9.29. The summed E-state index contributed by atoms with van der Waals surface area (Å²) in [7, 11) is 0. The second-order valence-corrected chi connectivity index (χ2v) is 15.5. The van der Waals surface area contributed by atoms with Crippen LogP contribution in [0.1, 0.15) is 124 Å². The quantitative estimate of drug-likeness (QED) is 0.0496. The number of ether oxygens (including phenoxy) is 3. The van der Waals surface area contributed by atoms with Crippen LogP contribution in [0.25, 0.3) is 22.8 Å². The molecule has 0 aliphatic heterocycles. The molecule has 6 aromatic rings. The zero-order chi connectivity index (χ0) is 44.7. The Balaban J connectivity index is 1.30. The number of hydrogen-bond donors (Lipinski definition) is 0. The predicted molar refractivity (Wildman–Crippen MR) is 231 cm³/mol. The molecule has 2 heterocycles. The van der Waals surface area contributed by atoms with Crippen molar-refractivity contribution in [1.29, 1.82) is 0 Å². The summed E-state index contributed by atoms with van der Waals surface area (Å²) in [5.41, 5.74) is 5.89. The minimum atomic E-state index is -4.89. The van der Waals surface area contributed by atoms with Crippen LogP contribution in [0.4, 0.5) is 26.3 Å². The first-order chi connectivity index (χ1) is 30.4. The summed E-state index contributed by atoms with van der Waals surface area (Å²) in [6.45, 7) is 4.37. The number of nitrogens with zero attached hydrogens (tertiary/aromatic N) is 4. The van der Waals surface area contributed by atoms with Gasteiger partial charge in [-0.2, -0.15) is 0 Å². The Hall–Kier alpha value is -5.82. The van der Waals surface area contributed by atoms with Crippen molar-refractivity contribution in [1.82, 2.24) is 19.9 Å². The van der Waals surface area contributed by atoms with Gasteiger partial charge in [-0.1, -0.05) is 138 Å². The summed E-state index contributed by atoms with van der Waals surface area (Å²) in [5, 5.41) is 0. The maximum Gasteiger partial charge on any atom is 0.573 e. The number of aryl methyl sites for hydroxylation is 2. The average molecular weight is 871 g/mol. The second kappa shape index (κ2) is 22.5. The van der Waals surface area contributed by atoms with Gasteiger partial charge in [0, 0.05) is 35.9 Å². The molecule has 0 N–H and O–H groups in total. The number of halogens is 6. The molecule has 0 saturated heterocycles. The third-order valence-electron chi connectivity index (χ3n) is 10.6. The highest BCUT2D eigenvalue weighted by atomic mass is 19.4. The fourth-order valence-electron chi connectivity index (χ4n) is 7.27. The zero-order valence-electron chi connectivity index (χ0n) is 35.5. The molecular weight excluding hydrogens is 819 g/mol. The van der Waals surface area contributed by atoms with Crippen molar-refractivity contribution in [3.8, 4) is 34.3 Å². The van der Waals surface area contributed by atoms with Gasteiger partial charge < -0.3 is 14.2 Å². The third-order valence-corrected chi connectivity index (χ3v) is 10.6. The van der Waals surface area contributed by atoms with Crippen molar-refractivity contribution in [3.63, 3.8) is 0 Å².